The Morgan fingerprint density at radius 1 is 1.12 bits per heavy atom. The maximum absolute atomic E-state index is 12.5. The van der Waals surface area contributed by atoms with Crippen LogP contribution in [0, 0.1) is 17.0 Å². The Morgan fingerprint density at radius 2 is 1.80 bits per heavy atom. The Bertz CT molecular complexity index is 1010. The molecule has 8 nitrogen and oxygen atoms in total. The topological polar surface area (TPSA) is 95.8 Å². The molecular weight excluding hydrogens is 369 g/mol. The Hall–Kier alpha value is -2.71. The molecule has 0 aliphatic carbocycles. The van der Waals surface area contributed by atoms with E-state index in [1.165, 1.54) is 6.07 Å². The average molecular weight is 380 g/mol. The van der Waals surface area contributed by atoms with Gasteiger partial charge in [0, 0.05) is 21.7 Å². The largest absolute Gasteiger partial charge is 0.368 e. The molecule has 0 unspecified atom stereocenters. The molecule has 0 radical (unpaired) electrons. The lowest BCUT2D eigenvalue weighted by Crippen LogP contribution is -2.24. The van der Waals surface area contributed by atoms with E-state index in [2.05, 4.69) is 10.4 Å². The molecule has 3 rings (SSSR count). The fraction of sp³-hybridized carbons (Fsp3) is 0.133. The van der Waals surface area contributed by atoms with Crippen LogP contribution in [0.15, 0.2) is 41.2 Å². The monoisotopic (exact) mass is 379 g/mol. The number of tetrazole rings is 1. The first-order chi connectivity index (χ1) is 11.8. The van der Waals surface area contributed by atoms with Crippen molar-refractivity contribution in [3.63, 3.8) is 0 Å². The first kappa shape index (κ1) is 17.1. The molecule has 10 heteroatoms. The van der Waals surface area contributed by atoms with Crippen LogP contribution in [0.4, 0.5) is 5.69 Å². The highest BCUT2D eigenvalue weighted by Gasteiger charge is 2.13. The van der Waals surface area contributed by atoms with Crippen molar-refractivity contribution >= 4 is 28.9 Å². The standard InChI is InChI=1S/C15H11Cl2N5O3/c1-9-4-10(2-3-14(9)22(24)25)8-20-15(23)21(19-18-20)13-6-11(16)5-12(17)7-13/h2-7H,8H2,1H3. The van der Waals surface area contributed by atoms with Gasteiger partial charge in [0.15, 0.2) is 0 Å². The molecule has 0 aliphatic heterocycles. The lowest BCUT2D eigenvalue weighted by atomic mass is 10.1. The number of rotatable bonds is 4. The first-order valence-electron chi connectivity index (χ1n) is 7.08. The zero-order chi connectivity index (χ0) is 18.1. The second-order valence-corrected chi connectivity index (χ2v) is 6.21. The SMILES string of the molecule is Cc1cc(Cn2nnn(-c3cc(Cl)cc(Cl)c3)c2=O)ccc1[N+](=O)[O-]. The minimum absolute atomic E-state index is 0.0216. The van der Waals surface area contributed by atoms with Gasteiger partial charge in [-0.15, -0.1) is 0 Å². The number of halogens is 2. The lowest BCUT2D eigenvalue weighted by Gasteiger charge is -2.03. The van der Waals surface area contributed by atoms with Crippen LogP contribution in [0.25, 0.3) is 5.69 Å². The number of benzene rings is 2. The summed E-state index contributed by atoms with van der Waals surface area (Å²) < 4.78 is 2.23. The van der Waals surface area contributed by atoms with Gasteiger partial charge in [0.1, 0.15) is 0 Å². The predicted molar refractivity (Wildman–Crippen MR) is 92.6 cm³/mol. The average Bonchev–Trinajstić information content (AvgIpc) is 2.87. The van der Waals surface area contributed by atoms with E-state index >= 15 is 0 Å². The summed E-state index contributed by atoms with van der Waals surface area (Å²) in [5, 5.41) is 19.3. The summed E-state index contributed by atoms with van der Waals surface area (Å²) in [6.45, 7) is 1.77. The van der Waals surface area contributed by atoms with E-state index < -0.39 is 10.6 Å². The number of aryl methyl sites for hydroxylation is 1. The number of nitro groups is 1. The van der Waals surface area contributed by atoms with E-state index in [4.69, 9.17) is 23.2 Å². The summed E-state index contributed by atoms with van der Waals surface area (Å²) in [4.78, 5) is 22.9. The van der Waals surface area contributed by atoms with Crippen molar-refractivity contribution < 1.29 is 4.92 Å². The quantitative estimate of drug-likeness (QED) is 0.512. The van der Waals surface area contributed by atoms with Crippen LogP contribution < -0.4 is 5.69 Å². The van der Waals surface area contributed by atoms with Gasteiger partial charge in [-0.1, -0.05) is 29.3 Å². The Morgan fingerprint density at radius 3 is 2.40 bits per heavy atom. The van der Waals surface area contributed by atoms with Crippen molar-refractivity contribution in [1.82, 2.24) is 19.8 Å². The Kier molecular flexibility index (Phi) is 4.56. The summed E-state index contributed by atoms with van der Waals surface area (Å²) in [6.07, 6.45) is 0. The normalized spacial score (nSPS) is 10.8. The van der Waals surface area contributed by atoms with E-state index in [1.807, 2.05) is 0 Å². The maximum atomic E-state index is 12.5. The highest BCUT2D eigenvalue weighted by atomic mass is 35.5. The Balaban J connectivity index is 1.93. The third kappa shape index (κ3) is 3.54. The van der Waals surface area contributed by atoms with E-state index in [0.717, 1.165) is 9.36 Å². The van der Waals surface area contributed by atoms with Crippen LogP contribution in [0.1, 0.15) is 11.1 Å². The predicted octanol–water partition coefficient (Wildman–Crippen LogP) is 3.00. The second-order valence-electron chi connectivity index (χ2n) is 5.34. The van der Waals surface area contributed by atoms with Crippen molar-refractivity contribution in [1.29, 1.82) is 0 Å². The smallest absolute Gasteiger partial charge is 0.258 e. The number of nitrogens with zero attached hydrogens (tertiary/aromatic N) is 5. The molecule has 0 fully saturated rings. The van der Waals surface area contributed by atoms with Crippen molar-refractivity contribution in [2.24, 2.45) is 0 Å². The molecule has 0 saturated heterocycles. The molecule has 0 N–H and O–H groups in total. The first-order valence-corrected chi connectivity index (χ1v) is 7.84. The minimum atomic E-state index is -0.477. The molecule has 0 aliphatic rings. The van der Waals surface area contributed by atoms with Gasteiger partial charge in [0.2, 0.25) is 0 Å². The van der Waals surface area contributed by atoms with Gasteiger partial charge in [-0.05, 0) is 47.2 Å². The fourth-order valence-corrected chi connectivity index (χ4v) is 2.91. The van der Waals surface area contributed by atoms with Crippen molar-refractivity contribution in [3.8, 4) is 5.69 Å². The van der Waals surface area contributed by atoms with Crippen LogP contribution in [-0.2, 0) is 6.54 Å². The summed E-state index contributed by atoms with van der Waals surface area (Å²) >= 11 is 11.9. The van der Waals surface area contributed by atoms with Crippen LogP contribution in [0.3, 0.4) is 0 Å². The summed E-state index contributed by atoms with van der Waals surface area (Å²) in [7, 11) is 0. The van der Waals surface area contributed by atoms with Crippen molar-refractivity contribution in [2.45, 2.75) is 13.5 Å². The number of hydrogen-bond acceptors (Lipinski definition) is 5. The van der Waals surface area contributed by atoms with E-state index in [1.54, 1.807) is 37.3 Å². The van der Waals surface area contributed by atoms with Crippen LogP contribution in [-0.4, -0.2) is 24.7 Å². The molecule has 3 aromatic rings. The zero-order valence-corrected chi connectivity index (χ0v) is 14.4. The van der Waals surface area contributed by atoms with E-state index in [9.17, 15) is 14.9 Å². The molecule has 0 amide bonds. The number of hydrogen-bond donors (Lipinski definition) is 0. The summed E-state index contributed by atoms with van der Waals surface area (Å²) in [6, 6.07) is 9.25. The second kappa shape index (κ2) is 6.66. The molecule has 0 spiro atoms. The van der Waals surface area contributed by atoms with Gasteiger partial charge < -0.3 is 0 Å². The molecule has 128 valence electrons. The summed E-state index contributed by atoms with van der Waals surface area (Å²) in [5.41, 5.74) is 1.14. The minimum Gasteiger partial charge on any atom is -0.258 e. The third-order valence-corrected chi connectivity index (χ3v) is 3.96. The zero-order valence-electron chi connectivity index (χ0n) is 12.9. The van der Waals surface area contributed by atoms with Crippen LogP contribution in [0.2, 0.25) is 10.0 Å². The molecule has 0 bridgehead atoms. The highest BCUT2D eigenvalue weighted by molar-refractivity contribution is 6.34. The number of aromatic nitrogens is 4. The van der Waals surface area contributed by atoms with Crippen molar-refractivity contribution in [2.75, 3.05) is 0 Å². The summed E-state index contributed by atoms with van der Waals surface area (Å²) in [5.74, 6) is 0. The van der Waals surface area contributed by atoms with Crippen molar-refractivity contribution in [3.05, 3.63) is 78.2 Å². The molecule has 1 aromatic heterocycles. The van der Waals surface area contributed by atoms with Crippen LogP contribution in [0.5, 0.6) is 0 Å². The molecule has 25 heavy (non-hydrogen) atoms. The van der Waals surface area contributed by atoms with E-state index in [-0.39, 0.29) is 12.2 Å². The van der Waals surface area contributed by atoms with Gasteiger partial charge >= 0.3 is 5.69 Å². The van der Waals surface area contributed by atoms with Gasteiger partial charge in [0.05, 0.1) is 17.2 Å². The maximum Gasteiger partial charge on any atom is 0.368 e. The third-order valence-electron chi connectivity index (χ3n) is 3.52. The van der Waals surface area contributed by atoms with Crippen LogP contribution >= 0.6 is 23.2 Å². The Labute approximate surface area is 151 Å². The molecule has 2 aromatic carbocycles. The van der Waals surface area contributed by atoms with Gasteiger partial charge in [-0.2, -0.15) is 9.36 Å². The molecule has 1 heterocycles. The molecular formula is C15H11Cl2N5O3. The highest BCUT2D eigenvalue weighted by Crippen LogP contribution is 2.21. The fourth-order valence-electron chi connectivity index (χ4n) is 2.39. The van der Waals surface area contributed by atoms with Gasteiger partial charge in [0.25, 0.3) is 5.69 Å². The van der Waals surface area contributed by atoms with Gasteiger partial charge in [-0.3, -0.25) is 10.1 Å². The van der Waals surface area contributed by atoms with Gasteiger partial charge in [-0.25, -0.2) is 4.79 Å². The number of nitro benzene ring substituents is 1. The molecule has 0 saturated carbocycles. The lowest BCUT2D eigenvalue weighted by molar-refractivity contribution is -0.385. The molecule has 0 atom stereocenters. The van der Waals surface area contributed by atoms with E-state index in [0.29, 0.717) is 26.9 Å².